The van der Waals surface area contributed by atoms with Gasteiger partial charge in [-0.25, -0.2) is 18.4 Å². The molecule has 1 aromatic carbocycles. The van der Waals surface area contributed by atoms with E-state index in [0.717, 1.165) is 0 Å². The van der Waals surface area contributed by atoms with Crippen LogP contribution in [0.3, 0.4) is 0 Å². The number of hydrogen-bond acceptors (Lipinski definition) is 5. The van der Waals surface area contributed by atoms with Gasteiger partial charge in [0.25, 0.3) is 10.0 Å². The Labute approximate surface area is 111 Å². The number of nitrogens with zero attached hydrogens (tertiary/aromatic N) is 2. The minimum atomic E-state index is -3.74. The molecule has 0 saturated heterocycles. The maximum Gasteiger partial charge on any atom is 0.265 e. The van der Waals surface area contributed by atoms with Gasteiger partial charge in [-0.1, -0.05) is 12.1 Å². The highest BCUT2D eigenvalue weighted by molar-refractivity contribution is 7.92. The van der Waals surface area contributed by atoms with Crippen LogP contribution in [0.4, 0.5) is 11.5 Å². The van der Waals surface area contributed by atoms with Gasteiger partial charge in [0.15, 0.2) is 0 Å². The Morgan fingerprint density at radius 2 is 1.84 bits per heavy atom. The van der Waals surface area contributed by atoms with Crippen molar-refractivity contribution in [3.8, 4) is 0 Å². The first-order valence-electron chi connectivity index (χ1n) is 5.58. The summed E-state index contributed by atoms with van der Waals surface area (Å²) in [4.78, 5) is 8.15. The van der Waals surface area contributed by atoms with Crippen molar-refractivity contribution in [3.63, 3.8) is 0 Å². The number of nitrogen functional groups attached to an aromatic ring is 1. The van der Waals surface area contributed by atoms with E-state index in [1.165, 1.54) is 12.1 Å². The molecule has 0 atom stereocenters. The number of anilines is 2. The zero-order valence-electron chi connectivity index (χ0n) is 10.6. The SMILES string of the molecule is Cc1cc(NS(=O)(=O)c2ccccc2N)nc(C)n1. The van der Waals surface area contributed by atoms with E-state index >= 15 is 0 Å². The standard InChI is InChI=1S/C12H14N4O2S/c1-8-7-12(15-9(2)14-8)16-19(17,18)11-6-4-3-5-10(11)13/h3-7H,13H2,1-2H3,(H,14,15,16). The summed E-state index contributed by atoms with van der Waals surface area (Å²) in [6.07, 6.45) is 0. The summed E-state index contributed by atoms with van der Waals surface area (Å²) in [5.74, 6) is 0.729. The Bertz CT molecular complexity index is 693. The molecule has 6 nitrogen and oxygen atoms in total. The van der Waals surface area contributed by atoms with E-state index < -0.39 is 10.0 Å². The van der Waals surface area contributed by atoms with Gasteiger partial charge in [0.05, 0.1) is 5.69 Å². The molecule has 0 aliphatic carbocycles. The average Bonchev–Trinajstić information content (AvgIpc) is 2.26. The number of aryl methyl sites for hydroxylation is 2. The zero-order valence-corrected chi connectivity index (χ0v) is 11.4. The molecule has 0 saturated carbocycles. The van der Waals surface area contributed by atoms with Gasteiger partial charge in [0.1, 0.15) is 16.5 Å². The molecule has 0 aliphatic heterocycles. The fourth-order valence-electron chi connectivity index (χ4n) is 1.69. The van der Waals surface area contributed by atoms with Gasteiger partial charge in [-0.05, 0) is 26.0 Å². The number of rotatable bonds is 3. The molecule has 0 fully saturated rings. The van der Waals surface area contributed by atoms with Crippen LogP contribution in [0.15, 0.2) is 35.2 Å². The van der Waals surface area contributed by atoms with Crippen LogP contribution in [0.1, 0.15) is 11.5 Å². The van der Waals surface area contributed by atoms with Crippen molar-refractivity contribution in [1.82, 2.24) is 9.97 Å². The second kappa shape index (κ2) is 4.85. The van der Waals surface area contributed by atoms with Crippen LogP contribution in [-0.4, -0.2) is 18.4 Å². The molecule has 7 heteroatoms. The molecule has 2 aromatic rings. The topological polar surface area (TPSA) is 98.0 Å². The molecule has 0 amide bonds. The van der Waals surface area contributed by atoms with Crippen LogP contribution in [-0.2, 0) is 10.0 Å². The molecule has 100 valence electrons. The molecule has 0 spiro atoms. The van der Waals surface area contributed by atoms with Gasteiger partial charge >= 0.3 is 0 Å². The molecule has 0 unspecified atom stereocenters. The van der Waals surface area contributed by atoms with Crippen LogP contribution in [0, 0.1) is 13.8 Å². The Balaban J connectivity index is 2.39. The van der Waals surface area contributed by atoms with Crippen molar-refractivity contribution in [2.75, 3.05) is 10.5 Å². The molecular formula is C12H14N4O2S. The van der Waals surface area contributed by atoms with E-state index in [-0.39, 0.29) is 16.4 Å². The summed E-state index contributed by atoms with van der Waals surface area (Å²) in [7, 11) is -3.74. The summed E-state index contributed by atoms with van der Waals surface area (Å²) in [5, 5.41) is 0. The third-order valence-electron chi connectivity index (χ3n) is 2.41. The zero-order chi connectivity index (χ0) is 14.0. The van der Waals surface area contributed by atoms with E-state index in [4.69, 9.17) is 5.73 Å². The Morgan fingerprint density at radius 3 is 2.47 bits per heavy atom. The van der Waals surface area contributed by atoms with Crippen molar-refractivity contribution < 1.29 is 8.42 Å². The molecule has 1 aromatic heterocycles. The molecular weight excluding hydrogens is 264 g/mol. The molecule has 0 aliphatic rings. The molecule has 1 heterocycles. The van der Waals surface area contributed by atoms with E-state index in [2.05, 4.69) is 14.7 Å². The van der Waals surface area contributed by atoms with Gasteiger partial charge in [0, 0.05) is 11.8 Å². The van der Waals surface area contributed by atoms with Gasteiger partial charge in [-0.3, -0.25) is 4.72 Å². The Hall–Kier alpha value is -2.15. The second-order valence-corrected chi connectivity index (χ2v) is 5.74. The highest BCUT2D eigenvalue weighted by Gasteiger charge is 2.17. The Morgan fingerprint density at radius 1 is 1.16 bits per heavy atom. The van der Waals surface area contributed by atoms with Gasteiger partial charge < -0.3 is 5.73 Å². The lowest BCUT2D eigenvalue weighted by molar-refractivity contribution is 0.601. The summed E-state index contributed by atoms with van der Waals surface area (Å²) in [6.45, 7) is 3.46. The smallest absolute Gasteiger partial charge is 0.265 e. The quantitative estimate of drug-likeness (QED) is 0.829. The summed E-state index contributed by atoms with van der Waals surface area (Å²) in [6, 6.07) is 7.82. The van der Waals surface area contributed by atoms with Crippen LogP contribution in [0.25, 0.3) is 0 Å². The third kappa shape index (κ3) is 3.00. The van der Waals surface area contributed by atoms with Crippen molar-refractivity contribution >= 4 is 21.5 Å². The van der Waals surface area contributed by atoms with Gasteiger partial charge in [0.2, 0.25) is 0 Å². The predicted octanol–water partition coefficient (Wildman–Crippen LogP) is 1.48. The van der Waals surface area contributed by atoms with Crippen LogP contribution < -0.4 is 10.5 Å². The monoisotopic (exact) mass is 278 g/mol. The second-order valence-electron chi connectivity index (χ2n) is 4.09. The van der Waals surface area contributed by atoms with E-state index in [0.29, 0.717) is 11.5 Å². The number of benzene rings is 1. The first kappa shape index (κ1) is 13.3. The van der Waals surface area contributed by atoms with Crippen molar-refractivity contribution in [2.45, 2.75) is 18.7 Å². The molecule has 19 heavy (non-hydrogen) atoms. The maximum absolute atomic E-state index is 12.2. The first-order chi connectivity index (χ1) is 8.88. The lowest BCUT2D eigenvalue weighted by Crippen LogP contribution is -2.16. The maximum atomic E-state index is 12.2. The average molecular weight is 278 g/mol. The van der Waals surface area contributed by atoms with Crippen molar-refractivity contribution in [1.29, 1.82) is 0 Å². The van der Waals surface area contributed by atoms with E-state index in [9.17, 15) is 8.42 Å². The van der Waals surface area contributed by atoms with Gasteiger partial charge in [-0.2, -0.15) is 0 Å². The first-order valence-corrected chi connectivity index (χ1v) is 7.06. The van der Waals surface area contributed by atoms with Crippen molar-refractivity contribution in [2.24, 2.45) is 0 Å². The predicted molar refractivity (Wildman–Crippen MR) is 73.2 cm³/mol. The minimum Gasteiger partial charge on any atom is -0.398 e. The highest BCUT2D eigenvalue weighted by atomic mass is 32.2. The number of hydrogen-bond donors (Lipinski definition) is 2. The molecule has 3 N–H and O–H groups in total. The lowest BCUT2D eigenvalue weighted by atomic mass is 10.3. The summed E-state index contributed by atoms with van der Waals surface area (Å²) < 4.78 is 26.8. The largest absolute Gasteiger partial charge is 0.398 e. The lowest BCUT2D eigenvalue weighted by Gasteiger charge is -2.10. The normalized spacial score (nSPS) is 11.3. The van der Waals surface area contributed by atoms with Crippen LogP contribution in [0.2, 0.25) is 0 Å². The Kier molecular flexibility index (Phi) is 3.39. The summed E-state index contributed by atoms with van der Waals surface area (Å²) in [5.41, 5.74) is 6.55. The van der Waals surface area contributed by atoms with Crippen molar-refractivity contribution in [3.05, 3.63) is 41.9 Å². The van der Waals surface area contributed by atoms with E-state index in [1.54, 1.807) is 32.0 Å². The number of sulfonamides is 1. The third-order valence-corrected chi connectivity index (χ3v) is 3.84. The molecule has 0 bridgehead atoms. The van der Waals surface area contributed by atoms with Gasteiger partial charge in [-0.15, -0.1) is 0 Å². The fraction of sp³-hybridized carbons (Fsp3) is 0.167. The number of aromatic nitrogens is 2. The highest BCUT2D eigenvalue weighted by Crippen LogP contribution is 2.20. The molecule has 0 radical (unpaired) electrons. The van der Waals surface area contributed by atoms with Crippen LogP contribution >= 0.6 is 0 Å². The number of para-hydroxylation sites is 1. The fourth-order valence-corrected chi connectivity index (χ4v) is 2.81. The number of nitrogens with one attached hydrogen (secondary N) is 1. The van der Waals surface area contributed by atoms with Crippen LogP contribution in [0.5, 0.6) is 0 Å². The minimum absolute atomic E-state index is 0.0314. The number of nitrogens with two attached hydrogens (primary N) is 1. The molecule has 2 rings (SSSR count). The summed E-state index contributed by atoms with van der Waals surface area (Å²) >= 11 is 0. The van der Waals surface area contributed by atoms with E-state index in [1.807, 2.05) is 0 Å².